The smallest absolute Gasteiger partial charge is 0.320 e. The van der Waals surface area contributed by atoms with Crippen molar-refractivity contribution in [2.45, 2.75) is 65.2 Å². The molecule has 0 radical (unpaired) electrons. The van der Waals surface area contributed by atoms with Crippen LogP contribution in [0.2, 0.25) is 0 Å². The van der Waals surface area contributed by atoms with Crippen LogP contribution in [0, 0.1) is 5.41 Å². The quantitative estimate of drug-likeness (QED) is 0.321. The largest absolute Gasteiger partial charge is 0.338 e. The van der Waals surface area contributed by atoms with Crippen LogP contribution in [0.15, 0.2) is 0 Å². The van der Waals surface area contributed by atoms with Crippen molar-refractivity contribution in [1.29, 1.82) is 5.41 Å². The molecule has 5 heteroatoms. The summed E-state index contributed by atoms with van der Waals surface area (Å²) in [6, 6.07) is -0.256. The summed E-state index contributed by atoms with van der Waals surface area (Å²) in [5, 5.41) is 13.2. The zero-order chi connectivity index (χ0) is 14.3. The average molecular weight is 287 g/mol. The van der Waals surface area contributed by atoms with E-state index in [1.807, 2.05) is 0 Å². The van der Waals surface area contributed by atoms with Gasteiger partial charge in [0.25, 0.3) is 0 Å². The maximum Gasteiger partial charge on any atom is 0.320 e. The highest BCUT2D eigenvalue weighted by molar-refractivity contribution is 8.13. The zero-order valence-electron chi connectivity index (χ0n) is 12.4. The van der Waals surface area contributed by atoms with Gasteiger partial charge in [0.1, 0.15) is 0 Å². The molecule has 0 aromatic rings. The molecule has 0 aliphatic heterocycles. The number of amidine groups is 1. The van der Waals surface area contributed by atoms with Crippen LogP contribution in [0.1, 0.15) is 65.2 Å². The predicted octanol–water partition coefficient (Wildman–Crippen LogP) is 4.11. The maximum absolute atomic E-state index is 11.4. The lowest BCUT2D eigenvalue weighted by atomic mass is 10.1. The molecule has 4 nitrogen and oxygen atoms in total. The topological polar surface area (TPSA) is 65.0 Å². The minimum Gasteiger partial charge on any atom is -0.338 e. The number of urea groups is 1. The van der Waals surface area contributed by atoms with E-state index in [9.17, 15) is 4.79 Å². The number of carbonyl (C=O) groups excluding carboxylic acids is 1. The minimum atomic E-state index is -0.256. The van der Waals surface area contributed by atoms with Crippen LogP contribution in [0.25, 0.3) is 0 Å². The lowest BCUT2D eigenvalue weighted by Gasteiger charge is -2.07. The van der Waals surface area contributed by atoms with E-state index in [1.54, 1.807) is 0 Å². The summed E-state index contributed by atoms with van der Waals surface area (Å²) >= 11 is 1.42. The van der Waals surface area contributed by atoms with Crippen LogP contribution in [-0.4, -0.2) is 23.5 Å². The highest BCUT2D eigenvalue weighted by Gasteiger charge is 2.03. The Morgan fingerprint density at radius 2 is 1.63 bits per heavy atom. The molecule has 0 aromatic heterocycles. The molecule has 0 rings (SSSR count). The molecule has 19 heavy (non-hydrogen) atoms. The highest BCUT2D eigenvalue weighted by Crippen LogP contribution is 2.09. The summed E-state index contributed by atoms with van der Waals surface area (Å²) in [4.78, 5) is 11.4. The molecule has 0 aliphatic carbocycles. The van der Waals surface area contributed by atoms with E-state index < -0.39 is 0 Å². The van der Waals surface area contributed by atoms with E-state index in [0.717, 1.165) is 25.0 Å². The average Bonchev–Trinajstić information content (AvgIpc) is 2.38. The van der Waals surface area contributed by atoms with Crippen LogP contribution in [0.4, 0.5) is 4.79 Å². The predicted molar refractivity (Wildman–Crippen MR) is 85.0 cm³/mol. The number of hydrogen-bond donors (Lipinski definition) is 3. The fourth-order valence-electron chi connectivity index (χ4n) is 1.62. The third kappa shape index (κ3) is 13.5. The summed E-state index contributed by atoms with van der Waals surface area (Å²) in [6.07, 6.45) is 9.58. The van der Waals surface area contributed by atoms with Gasteiger partial charge in [0.05, 0.1) is 0 Å². The van der Waals surface area contributed by atoms with Gasteiger partial charge in [-0.25, -0.2) is 4.79 Å². The molecule has 0 spiro atoms. The molecular weight excluding hydrogens is 258 g/mol. The van der Waals surface area contributed by atoms with Crippen molar-refractivity contribution in [3.63, 3.8) is 0 Å². The standard InChI is InChI=1S/C14H29N3OS/c1-3-5-7-8-9-10-12-19-13(15)17-14(18)16-11-6-4-2/h3-12H2,1-2H3,(H3,15,16,17,18). The van der Waals surface area contributed by atoms with Crippen LogP contribution < -0.4 is 10.6 Å². The number of rotatable bonds is 10. The van der Waals surface area contributed by atoms with Gasteiger partial charge in [0, 0.05) is 12.3 Å². The molecule has 3 N–H and O–H groups in total. The summed E-state index contributed by atoms with van der Waals surface area (Å²) in [7, 11) is 0. The highest BCUT2D eigenvalue weighted by atomic mass is 32.2. The Hall–Kier alpha value is -0.710. The van der Waals surface area contributed by atoms with E-state index in [-0.39, 0.29) is 11.2 Å². The van der Waals surface area contributed by atoms with Crippen molar-refractivity contribution in [3.8, 4) is 0 Å². The van der Waals surface area contributed by atoms with Gasteiger partial charge in [-0.05, 0) is 12.8 Å². The van der Waals surface area contributed by atoms with Gasteiger partial charge in [-0.1, -0.05) is 64.1 Å². The first-order valence-corrected chi connectivity index (χ1v) is 8.45. The maximum atomic E-state index is 11.4. The minimum absolute atomic E-state index is 0.252. The SMILES string of the molecule is CCCCCCCCSC(=N)NC(=O)NCCCC. The Balaban J connectivity index is 3.36. The molecule has 0 aromatic carbocycles. The van der Waals surface area contributed by atoms with Crippen molar-refractivity contribution in [2.75, 3.05) is 12.3 Å². The zero-order valence-corrected chi connectivity index (χ0v) is 13.2. The fourth-order valence-corrected chi connectivity index (χ4v) is 2.34. The monoisotopic (exact) mass is 287 g/mol. The van der Waals surface area contributed by atoms with Crippen molar-refractivity contribution < 1.29 is 4.79 Å². The molecule has 0 bridgehead atoms. The second-order valence-corrected chi connectivity index (χ2v) is 5.78. The van der Waals surface area contributed by atoms with Gasteiger partial charge in [-0.2, -0.15) is 0 Å². The van der Waals surface area contributed by atoms with Crippen molar-refractivity contribution in [1.82, 2.24) is 10.6 Å². The van der Waals surface area contributed by atoms with Gasteiger partial charge >= 0.3 is 6.03 Å². The Morgan fingerprint density at radius 1 is 1.00 bits per heavy atom. The summed E-state index contributed by atoms with van der Waals surface area (Å²) < 4.78 is 0. The molecule has 0 atom stereocenters. The number of thioether (sulfide) groups is 1. The van der Waals surface area contributed by atoms with Gasteiger partial charge in [-0.15, -0.1) is 0 Å². The number of nitrogens with one attached hydrogen (secondary N) is 3. The first kappa shape index (κ1) is 18.3. The summed E-state index contributed by atoms with van der Waals surface area (Å²) in [5.41, 5.74) is 0. The van der Waals surface area contributed by atoms with Crippen LogP contribution in [-0.2, 0) is 0 Å². The molecule has 0 aliphatic rings. The van der Waals surface area contributed by atoms with Gasteiger partial charge < -0.3 is 5.32 Å². The van der Waals surface area contributed by atoms with Crippen molar-refractivity contribution in [2.24, 2.45) is 0 Å². The van der Waals surface area contributed by atoms with E-state index in [4.69, 9.17) is 5.41 Å². The summed E-state index contributed by atoms with van der Waals surface area (Å²) in [6.45, 7) is 4.98. The molecule has 2 amide bonds. The van der Waals surface area contributed by atoms with Crippen molar-refractivity contribution in [3.05, 3.63) is 0 Å². The molecule has 112 valence electrons. The molecule has 0 saturated heterocycles. The molecule has 0 unspecified atom stereocenters. The molecule has 0 heterocycles. The molecular formula is C14H29N3OS. The first-order valence-electron chi connectivity index (χ1n) is 7.46. The van der Waals surface area contributed by atoms with E-state index in [2.05, 4.69) is 24.5 Å². The van der Waals surface area contributed by atoms with Crippen molar-refractivity contribution >= 4 is 23.0 Å². The van der Waals surface area contributed by atoms with Crippen LogP contribution in [0.5, 0.6) is 0 Å². The van der Waals surface area contributed by atoms with Crippen LogP contribution >= 0.6 is 11.8 Å². The second-order valence-electron chi connectivity index (χ2n) is 4.68. The number of unbranched alkanes of at least 4 members (excludes halogenated alkanes) is 6. The summed E-state index contributed by atoms with van der Waals surface area (Å²) in [5.74, 6) is 0.917. The van der Waals surface area contributed by atoms with Crippen LogP contribution in [0.3, 0.4) is 0 Å². The Kier molecular flexibility index (Phi) is 13.2. The number of amides is 2. The van der Waals surface area contributed by atoms with Gasteiger partial charge in [0.15, 0.2) is 5.17 Å². The van der Waals surface area contributed by atoms with Gasteiger partial charge in [0.2, 0.25) is 0 Å². The van der Waals surface area contributed by atoms with E-state index in [1.165, 1.54) is 43.9 Å². The molecule has 0 fully saturated rings. The third-order valence-corrected chi connectivity index (χ3v) is 3.67. The Labute approximate surface area is 122 Å². The first-order chi connectivity index (χ1) is 9.20. The lowest BCUT2D eigenvalue weighted by Crippen LogP contribution is -2.38. The van der Waals surface area contributed by atoms with Gasteiger partial charge in [-0.3, -0.25) is 10.7 Å². The Bertz CT molecular complexity index is 247. The third-order valence-electron chi connectivity index (χ3n) is 2.79. The fraction of sp³-hybridized carbons (Fsp3) is 0.857. The Morgan fingerprint density at radius 3 is 2.32 bits per heavy atom. The second kappa shape index (κ2) is 13.7. The normalized spacial score (nSPS) is 10.2. The van der Waals surface area contributed by atoms with E-state index >= 15 is 0 Å². The van der Waals surface area contributed by atoms with E-state index in [0.29, 0.717) is 6.54 Å². The number of carbonyl (C=O) groups is 1. The lowest BCUT2D eigenvalue weighted by molar-refractivity contribution is 0.245. The molecule has 0 saturated carbocycles. The number of hydrogen-bond acceptors (Lipinski definition) is 3.